The highest BCUT2D eigenvalue weighted by molar-refractivity contribution is 6.16. The van der Waals surface area contributed by atoms with Gasteiger partial charge < -0.3 is 9.47 Å². The summed E-state index contributed by atoms with van der Waals surface area (Å²) in [6.07, 6.45) is 0. The van der Waals surface area contributed by atoms with Gasteiger partial charge in [-0.15, -0.1) is 11.6 Å². The maximum absolute atomic E-state index is 13.9. The molecule has 0 aliphatic rings. The summed E-state index contributed by atoms with van der Waals surface area (Å²) in [5.41, 5.74) is 0.633. The van der Waals surface area contributed by atoms with E-state index in [1.54, 1.807) is 4.57 Å². The van der Waals surface area contributed by atoms with Gasteiger partial charge in [-0.1, -0.05) is 6.92 Å². The molecule has 3 nitrogen and oxygen atoms in total. The summed E-state index contributed by atoms with van der Waals surface area (Å²) in [7, 11) is 1.97. The summed E-state index contributed by atoms with van der Waals surface area (Å²) in [5.74, 6) is -0.990. The van der Waals surface area contributed by atoms with Crippen LogP contribution >= 0.6 is 11.6 Å². The number of alkyl halides is 1. The van der Waals surface area contributed by atoms with E-state index in [1.807, 2.05) is 14.0 Å². The minimum absolute atomic E-state index is 0.172. The van der Waals surface area contributed by atoms with Crippen LogP contribution in [0.25, 0.3) is 11.0 Å². The number of hydrogen-bond donors (Lipinski definition) is 0. The second-order valence-corrected chi connectivity index (χ2v) is 4.71. The molecule has 1 aromatic carbocycles. The molecule has 0 unspecified atom stereocenters. The largest absolute Gasteiger partial charge is 0.323 e. The topological polar surface area (TPSA) is 21.1 Å². The van der Waals surface area contributed by atoms with Crippen molar-refractivity contribution in [1.82, 2.24) is 14.5 Å². The van der Waals surface area contributed by atoms with E-state index in [-0.39, 0.29) is 11.4 Å². The molecule has 2 aromatic rings. The van der Waals surface area contributed by atoms with E-state index in [2.05, 4.69) is 9.88 Å². The Hall–Kier alpha value is -1.20. The van der Waals surface area contributed by atoms with Gasteiger partial charge in [0, 0.05) is 13.1 Å². The number of rotatable bonds is 5. The van der Waals surface area contributed by atoms with Crippen LogP contribution in [0.3, 0.4) is 0 Å². The Kier molecular flexibility index (Phi) is 4.37. The minimum Gasteiger partial charge on any atom is -0.323 e. The first kappa shape index (κ1) is 14.2. The lowest BCUT2D eigenvalue weighted by atomic mass is 10.3. The summed E-state index contributed by atoms with van der Waals surface area (Å²) in [5, 5.41) is 0. The van der Waals surface area contributed by atoms with E-state index in [0.717, 1.165) is 19.2 Å². The normalized spacial score (nSPS) is 11.7. The highest BCUT2D eigenvalue weighted by Crippen LogP contribution is 2.22. The number of likely N-dealkylation sites (N-methyl/N-ethyl adjacent to an activating group) is 1. The fourth-order valence-electron chi connectivity index (χ4n) is 1.98. The van der Waals surface area contributed by atoms with Crippen molar-refractivity contribution in [1.29, 1.82) is 0 Å². The fraction of sp³-hybridized carbons (Fsp3) is 0.462. The number of benzene rings is 1. The van der Waals surface area contributed by atoms with E-state index >= 15 is 0 Å². The van der Waals surface area contributed by atoms with Crippen molar-refractivity contribution in [3.8, 4) is 0 Å². The van der Waals surface area contributed by atoms with Gasteiger partial charge in [0.25, 0.3) is 0 Å². The van der Waals surface area contributed by atoms with Gasteiger partial charge in [0.2, 0.25) is 0 Å². The number of imidazole rings is 1. The molecule has 0 saturated heterocycles. The summed E-state index contributed by atoms with van der Waals surface area (Å²) in [6, 6.07) is 2.56. The first-order valence-corrected chi connectivity index (χ1v) is 6.69. The quantitative estimate of drug-likeness (QED) is 0.788. The van der Waals surface area contributed by atoms with Crippen molar-refractivity contribution >= 4 is 22.6 Å². The van der Waals surface area contributed by atoms with Gasteiger partial charge in [-0.3, -0.25) is 0 Å². The van der Waals surface area contributed by atoms with E-state index in [9.17, 15) is 8.78 Å². The molecule has 0 aliphatic carbocycles. The van der Waals surface area contributed by atoms with Crippen LogP contribution in [0.2, 0.25) is 0 Å². The molecule has 2 rings (SSSR count). The van der Waals surface area contributed by atoms with E-state index in [0.29, 0.717) is 17.9 Å². The Morgan fingerprint density at radius 3 is 2.74 bits per heavy atom. The predicted molar refractivity (Wildman–Crippen MR) is 72.4 cm³/mol. The van der Waals surface area contributed by atoms with Gasteiger partial charge >= 0.3 is 0 Å². The lowest BCUT2D eigenvalue weighted by molar-refractivity contribution is 0.335. The zero-order chi connectivity index (χ0) is 14.0. The average molecular weight is 288 g/mol. The van der Waals surface area contributed by atoms with Gasteiger partial charge in [-0.05, 0) is 25.7 Å². The number of halogens is 3. The lowest BCUT2D eigenvalue weighted by Crippen LogP contribution is -2.23. The molecule has 19 heavy (non-hydrogen) atoms. The Balaban J connectivity index is 2.47. The SMILES string of the molecule is CCN(C)CCn1c(CCl)nc2ccc(F)c(F)c21. The number of nitrogens with zero attached hydrogens (tertiary/aromatic N) is 3. The highest BCUT2D eigenvalue weighted by atomic mass is 35.5. The maximum atomic E-state index is 13.9. The molecule has 0 fully saturated rings. The van der Waals surface area contributed by atoms with Crippen molar-refractivity contribution < 1.29 is 8.78 Å². The molecule has 0 amide bonds. The van der Waals surface area contributed by atoms with Crippen LogP contribution in [-0.4, -0.2) is 34.6 Å². The summed E-state index contributed by atoms with van der Waals surface area (Å²) < 4.78 is 28.9. The van der Waals surface area contributed by atoms with Crippen LogP contribution in [0.15, 0.2) is 12.1 Å². The minimum atomic E-state index is -0.862. The highest BCUT2D eigenvalue weighted by Gasteiger charge is 2.16. The molecule has 1 aromatic heterocycles. The standard InChI is InChI=1S/C13H16ClF2N3/c1-3-18(2)6-7-19-11(8-14)17-10-5-4-9(15)12(16)13(10)19/h4-5H,3,6-8H2,1-2H3. The Morgan fingerprint density at radius 1 is 1.37 bits per heavy atom. The first-order chi connectivity index (χ1) is 9.08. The number of fused-ring (bicyclic) bond motifs is 1. The van der Waals surface area contributed by atoms with Gasteiger partial charge in [-0.25, -0.2) is 13.8 Å². The Morgan fingerprint density at radius 2 is 2.11 bits per heavy atom. The maximum Gasteiger partial charge on any atom is 0.184 e. The third-order valence-electron chi connectivity index (χ3n) is 3.24. The van der Waals surface area contributed by atoms with Crippen LogP contribution in [0, 0.1) is 11.6 Å². The third-order valence-corrected chi connectivity index (χ3v) is 3.48. The van der Waals surface area contributed by atoms with E-state index < -0.39 is 11.6 Å². The van der Waals surface area contributed by atoms with Crippen molar-refractivity contribution in [3.05, 3.63) is 29.6 Å². The van der Waals surface area contributed by atoms with Crippen molar-refractivity contribution in [2.24, 2.45) is 0 Å². The molecule has 1 heterocycles. The average Bonchev–Trinajstić information content (AvgIpc) is 2.78. The molecule has 0 N–H and O–H groups in total. The summed E-state index contributed by atoms with van der Waals surface area (Å²) in [6.45, 7) is 4.18. The molecule has 0 radical (unpaired) electrons. The molecule has 0 saturated carbocycles. The second kappa shape index (κ2) is 5.84. The summed E-state index contributed by atoms with van der Waals surface area (Å²) in [4.78, 5) is 6.33. The molecule has 0 atom stereocenters. The van der Waals surface area contributed by atoms with Crippen LogP contribution < -0.4 is 0 Å². The first-order valence-electron chi connectivity index (χ1n) is 6.16. The van der Waals surface area contributed by atoms with Gasteiger partial charge in [0.15, 0.2) is 11.6 Å². The van der Waals surface area contributed by atoms with Gasteiger partial charge in [0.05, 0.1) is 11.4 Å². The van der Waals surface area contributed by atoms with Crippen LogP contribution in [-0.2, 0) is 12.4 Å². The lowest BCUT2D eigenvalue weighted by Gasteiger charge is -2.15. The summed E-state index contributed by atoms with van der Waals surface area (Å²) >= 11 is 5.83. The number of hydrogen-bond acceptors (Lipinski definition) is 2. The molecular weight excluding hydrogens is 272 g/mol. The predicted octanol–water partition coefficient (Wildman–Crippen LogP) is 3.01. The molecule has 0 bridgehead atoms. The van der Waals surface area contributed by atoms with Crippen LogP contribution in [0.4, 0.5) is 8.78 Å². The Bertz CT molecular complexity index is 583. The van der Waals surface area contributed by atoms with E-state index in [1.165, 1.54) is 6.07 Å². The molecule has 0 aliphatic heterocycles. The Labute approximate surface area is 115 Å². The number of aromatic nitrogens is 2. The monoisotopic (exact) mass is 287 g/mol. The van der Waals surface area contributed by atoms with Gasteiger partial charge in [-0.2, -0.15) is 0 Å². The van der Waals surface area contributed by atoms with Gasteiger partial charge in [0.1, 0.15) is 11.3 Å². The smallest absolute Gasteiger partial charge is 0.184 e. The van der Waals surface area contributed by atoms with Crippen molar-refractivity contribution in [3.63, 3.8) is 0 Å². The van der Waals surface area contributed by atoms with Crippen molar-refractivity contribution in [2.75, 3.05) is 20.1 Å². The molecular formula is C13H16ClF2N3. The molecule has 0 spiro atoms. The fourth-order valence-corrected chi connectivity index (χ4v) is 2.18. The molecule has 104 valence electrons. The third kappa shape index (κ3) is 2.72. The zero-order valence-electron chi connectivity index (χ0n) is 11.0. The van der Waals surface area contributed by atoms with E-state index in [4.69, 9.17) is 11.6 Å². The second-order valence-electron chi connectivity index (χ2n) is 4.44. The van der Waals surface area contributed by atoms with Crippen LogP contribution in [0.1, 0.15) is 12.7 Å². The molecule has 6 heteroatoms. The zero-order valence-corrected chi connectivity index (χ0v) is 11.7. The van der Waals surface area contributed by atoms with Crippen molar-refractivity contribution in [2.45, 2.75) is 19.3 Å². The van der Waals surface area contributed by atoms with Crippen LogP contribution in [0.5, 0.6) is 0 Å².